The van der Waals surface area contributed by atoms with Crippen LogP contribution in [0.1, 0.15) is 22.9 Å². The van der Waals surface area contributed by atoms with Gasteiger partial charge in [-0.25, -0.2) is 4.39 Å². The molecule has 0 radical (unpaired) electrons. The normalized spacial score (nSPS) is 15.6. The molecule has 0 spiro atoms. The first-order chi connectivity index (χ1) is 12.7. The first-order valence-electron chi connectivity index (χ1n) is 9.14. The Hall–Kier alpha value is -1.19. The van der Waals surface area contributed by atoms with E-state index in [2.05, 4.69) is 38.9 Å². The highest BCUT2D eigenvalue weighted by molar-refractivity contribution is 14.0. The van der Waals surface area contributed by atoms with Crippen LogP contribution in [0.5, 0.6) is 0 Å². The molecule has 1 aliphatic heterocycles. The number of aliphatic imine (C=N–C) groups is 1. The van der Waals surface area contributed by atoms with Gasteiger partial charge in [-0.3, -0.25) is 9.89 Å². The highest BCUT2D eigenvalue weighted by Gasteiger charge is 2.21. The fourth-order valence-electron chi connectivity index (χ4n) is 3.26. The molecular weight excluding hydrogens is 474 g/mol. The molecule has 1 atom stereocenters. The van der Waals surface area contributed by atoms with Crippen LogP contribution in [0, 0.1) is 5.82 Å². The van der Waals surface area contributed by atoms with Crippen LogP contribution in [0.4, 0.5) is 4.39 Å². The van der Waals surface area contributed by atoms with Crippen molar-refractivity contribution in [3.05, 3.63) is 57.5 Å². The average molecular weight is 502 g/mol. The molecule has 27 heavy (non-hydrogen) atoms. The predicted octanol–water partition coefficient (Wildman–Crippen LogP) is 3.66. The summed E-state index contributed by atoms with van der Waals surface area (Å²) in [6.45, 7) is 5.97. The summed E-state index contributed by atoms with van der Waals surface area (Å²) in [4.78, 5) is 8.34. The lowest BCUT2D eigenvalue weighted by atomic mass is 10.1. The van der Waals surface area contributed by atoms with Crippen molar-refractivity contribution in [2.45, 2.75) is 32.4 Å². The molecule has 0 amide bonds. The Bertz CT molecular complexity index is 749. The SMILES string of the molecule is CN=C(NCCc1cccc(F)c1)NCC(C)N1CCc2sccc2C1.I. The van der Waals surface area contributed by atoms with Crippen LogP contribution >= 0.6 is 35.3 Å². The second-order valence-corrected chi connectivity index (χ2v) is 7.70. The Morgan fingerprint density at radius 2 is 2.19 bits per heavy atom. The van der Waals surface area contributed by atoms with E-state index < -0.39 is 0 Å². The molecule has 4 nitrogen and oxygen atoms in total. The molecule has 1 aromatic carbocycles. The van der Waals surface area contributed by atoms with Crippen LogP contribution in [-0.2, 0) is 19.4 Å². The number of hydrogen-bond donors (Lipinski definition) is 2. The van der Waals surface area contributed by atoms with Crippen LogP contribution in [0.25, 0.3) is 0 Å². The molecule has 0 saturated carbocycles. The highest BCUT2D eigenvalue weighted by Crippen LogP contribution is 2.24. The molecule has 7 heteroatoms. The van der Waals surface area contributed by atoms with Crippen molar-refractivity contribution in [1.29, 1.82) is 0 Å². The Kier molecular flexibility index (Phi) is 8.98. The average Bonchev–Trinajstić information content (AvgIpc) is 3.12. The Morgan fingerprint density at radius 1 is 1.33 bits per heavy atom. The number of guanidine groups is 1. The van der Waals surface area contributed by atoms with Gasteiger partial charge in [0.25, 0.3) is 0 Å². The first kappa shape index (κ1) is 22.1. The van der Waals surface area contributed by atoms with Gasteiger partial charge < -0.3 is 10.6 Å². The zero-order valence-corrected chi connectivity index (χ0v) is 19.0. The van der Waals surface area contributed by atoms with Gasteiger partial charge in [0.2, 0.25) is 0 Å². The molecule has 1 aromatic heterocycles. The smallest absolute Gasteiger partial charge is 0.191 e. The number of nitrogens with zero attached hydrogens (tertiary/aromatic N) is 2. The molecule has 3 rings (SSSR count). The van der Waals surface area contributed by atoms with Crippen LogP contribution in [-0.4, -0.2) is 43.6 Å². The van der Waals surface area contributed by atoms with E-state index in [-0.39, 0.29) is 29.8 Å². The maximum Gasteiger partial charge on any atom is 0.191 e. The number of benzene rings is 1. The topological polar surface area (TPSA) is 39.7 Å². The van der Waals surface area contributed by atoms with Crippen molar-refractivity contribution in [3.8, 4) is 0 Å². The minimum absolute atomic E-state index is 0. The van der Waals surface area contributed by atoms with E-state index in [4.69, 9.17) is 0 Å². The minimum atomic E-state index is -0.186. The highest BCUT2D eigenvalue weighted by atomic mass is 127. The zero-order valence-electron chi connectivity index (χ0n) is 15.9. The summed E-state index contributed by atoms with van der Waals surface area (Å²) >= 11 is 1.87. The molecule has 0 aliphatic carbocycles. The number of hydrogen-bond acceptors (Lipinski definition) is 3. The van der Waals surface area contributed by atoms with Crippen LogP contribution in [0.15, 0.2) is 40.7 Å². The second-order valence-electron chi connectivity index (χ2n) is 6.70. The van der Waals surface area contributed by atoms with Crippen molar-refractivity contribution in [2.75, 3.05) is 26.7 Å². The van der Waals surface area contributed by atoms with Crippen LogP contribution < -0.4 is 10.6 Å². The van der Waals surface area contributed by atoms with E-state index in [0.717, 1.165) is 50.5 Å². The lowest BCUT2D eigenvalue weighted by Gasteiger charge is -2.32. The third-order valence-electron chi connectivity index (χ3n) is 4.84. The third-order valence-corrected chi connectivity index (χ3v) is 5.87. The van der Waals surface area contributed by atoms with Gasteiger partial charge in [-0.2, -0.15) is 0 Å². The van der Waals surface area contributed by atoms with Gasteiger partial charge in [0, 0.05) is 44.1 Å². The minimum Gasteiger partial charge on any atom is -0.356 e. The van der Waals surface area contributed by atoms with Crippen molar-refractivity contribution in [1.82, 2.24) is 15.5 Å². The summed E-state index contributed by atoms with van der Waals surface area (Å²) in [5.41, 5.74) is 2.46. The first-order valence-corrected chi connectivity index (χ1v) is 10.0. The van der Waals surface area contributed by atoms with E-state index in [1.54, 1.807) is 19.2 Å². The third kappa shape index (κ3) is 6.43. The maximum atomic E-state index is 13.2. The summed E-state index contributed by atoms with van der Waals surface area (Å²) in [5, 5.41) is 8.91. The lowest BCUT2D eigenvalue weighted by Crippen LogP contribution is -2.47. The number of thiophene rings is 1. The van der Waals surface area contributed by atoms with Crippen LogP contribution in [0.3, 0.4) is 0 Å². The number of halogens is 2. The molecule has 2 aromatic rings. The maximum absolute atomic E-state index is 13.2. The van der Waals surface area contributed by atoms with Crippen LogP contribution in [0.2, 0.25) is 0 Å². The lowest BCUT2D eigenvalue weighted by molar-refractivity contribution is 0.192. The molecule has 0 fully saturated rings. The predicted molar refractivity (Wildman–Crippen MR) is 123 cm³/mol. The second kappa shape index (κ2) is 11.0. The van der Waals surface area contributed by atoms with Crippen molar-refractivity contribution >= 4 is 41.3 Å². The summed E-state index contributed by atoms with van der Waals surface area (Å²) in [6.07, 6.45) is 1.92. The van der Waals surface area contributed by atoms with Gasteiger partial charge in [-0.05, 0) is 54.5 Å². The Balaban J connectivity index is 0.00000261. The van der Waals surface area contributed by atoms with E-state index in [1.165, 1.54) is 16.5 Å². The molecule has 2 heterocycles. The quantitative estimate of drug-likeness (QED) is 0.360. The molecule has 2 N–H and O–H groups in total. The van der Waals surface area contributed by atoms with Gasteiger partial charge in [0.05, 0.1) is 0 Å². The molecule has 0 bridgehead atoms. The Labute approximate surface area is 182 Å². The number of rotatable bonds is 6. The summed E-state index contributed by atoms with van der Waals surface area (Å²) in [5.74, 6) is 0.607. The summed E-state index contributed by atoms with van der Waals surface area (Å²) in [6, 6.07) is 9.42. The fourth-order valence-corrected chi connectivity index (χ4v) is 4.15. The van der Waals surface area contributed by atoms with Gasteiger partial charge in [-0.1, -0.05) is 12.1 Å². The molecule has 148 valence electrons. The van der Waals surface area contributed by atoms with Gasteiger partial charge in [0.1, 0.15) is 5.82 Å². The fraction of sp³-hybridized carbons (Fsp3) is 0.450. The summed E-state index contributed by atoms with van der Waals surface area (Å²) < 4.78 is 13.2. The van der Waals surface area contributed by atoms with E-state index in [0.29, 0.717) is 6.04 Å². The summed E-state index contributed by atoms with van der Waals surface area (Å²) in [7, 11) is 1.78. The Morgan fingerprint density at radius 3 is 2.96 bits per heavy atom. The van der Waals surface area contributed by atoms with Gasteiger partial charge in [0.15, 0.2) is 5.96 Å². The zero-order chi connectivity index (χ0) is 18.4. The van der Waals surface area contributed by atoms with Gasteiger partial charge in [-0.15, -0.1) is 35.3 Å². The van der Waals surface area contributed by atoms with Crippen molar-refractivity contribution < 1.29 is 4.39 Å². The monoisotopic (exact) mass is 502 g/mol. The number of fused-ring (bicyclic) bond motifs is 1. The van der Waals surface area contributed by atoms with E-state index in [9.17, 15) is 4.39 Å². The van der Waals surface area contributed by atoms with Gasteiger partial charge >= 0.3 is 0 Å². The molecule has 1 aliphatic rings. The molecule has 0 saturated heterocycles. The van der Waals surface area contributed by atoms with Crippen molar-refractivity contribution in [2.24, 2.45) is 4.99 Å². The molecule has 1 unspecified atom stereocenters. The van der Waals surface area contributed by atoms with E-state index >= 15 is 0 Å². The standard InChI is InChI=1S/C20H27FN4S.HI/c1-15(25-10-7-19-17(14-25)8-11-26-19)13-24-20(22-2)23-9-6-16-4-3-5-18(21)12-16;/h3-5,8,11-12,15H,6-7,9-10,13-14H2,1-2H3,(H2,22,23,24);1H. The number of nitrogens with one attached hydrogen (secondary N) is 2. The largest absolute Gasteiger partial charge is 0.356 e. The van der Waals surface area contributed by atoms with E-state index in [1.807, 2.05) is 17.4 Å². The van der Waals surface area contributed by atoms with Crippen molar-refractivity contribution in [3.63, 3.8) is 0 Å². The molecular formula is C20H28FIN4S.